The predicted molar refractivity (Wildman–Crippen MR) is 98.3 cm³/mol. The van der Waals surface area contributed by atoms with E-state index >= 15 is 0 Å². The summed E-state index contributed by atoms with van der Waals surface area (Å²) in [4.78, 5) is 17.9. The van der Waals surface area contributed by atoms with Crippen molar-refractivity contribution in [3.63, 3.8) is 0 Å². The van der Waals surface area contributed by atoms with E-state index in [1.807, 2.05) is 54.6 Å². The van der Waals surface area contributed by atoms with E-state index in [4.69, 9.17) is 4.99 Å². The van der Waals surface area contributed by atoms with Gasteiger partial charge in [0.2, 0.25) is 5.78 Å². The molecule has 0 spiro atoms. The molecule has 0 radical (unpaired) electrons. The molecule has 0 aliphatic carbocycles. The number of para-hydroxylation sites is 1. The monoisotopic (exact) mass is 327 g/mol. The van der Waals surface area contributed by atoms with Crippen molar-refractivity contribution in [3.8, 4) is 5.75 Å². The molecule has 1 aliphatic heterocycles. The van der Waals surface area contributed by atoms with Crippen molar-refractivity contribution in [2.75, 3.05) is 0 Å². The number of carbonyl (C=O) groups excluding carboxylic acids is 1. The number of nitrogens with zero attached hydrogens (tertiary/aromatic N) is 1. The van der Waals surface area contributed by atoms with Crippen LogP contribution in [-0.4, -0.2) is 16.6 Å². The maximum atomic E-state index is 13.1. The molecule has 1 atom stereocenters. The molecule has 4 rings (SSSR count). The lowest BCUT2D eigenvalue weighted by Gasteiger charge is -2.13. The summed E-state index contributed by atoms with van der Waals surface area (Å²) < 4.78 is 0. The predicted octanol–water partition coefficient (Wildman–Crippen LogP) is 4.36. The summed E-state index contributed by atoms with van der Waals surface area (Å²) in [5.74, 6) is -0.0728. The van der Waals surface area contributed by atoms with Crippen LogP contribution in [0.3, 0.4) is 0 Å². The van der Waals surface area contributed by atoms with Crippen LogP contribution in [0.2, 0.25) is 0 Å². The van der Waals surface area contributed by atoms with Crippen molar-refractivity contribution in [2.24, 2.45) is 4.99 Å². The highest BCUT2D eigenvalue weighted by Gasteiger charge is 2.27. The average molecular weight is 327 g/mol. The van der Waals surface area contributed by atoms with E-state index in [1.54, 1.807) is 24.3 Å². The maximum absolute atomic E-state index is 13.1. The van der Waals surface area contributed by atoms with Crippen LogP contribution in [-0.2, 0) is 6.42 Å². The van der Waals surface area contributed by atoms with Gasteiger partial charge >= 0.3 is 0 Å². The van der Waals surface area contributed by atoms with E-state index in [0.717, 1.165) is 11.1 Å². The number of fused-ring (bicyclic) bond motifs is 1. The molecular weight excluding hydrogens is 310 g/mol. The quantitative estimate of drug-likeness (QED) is 0.760. The highest BCUT2D eigenvalue weighted by atomic mass is 16.3. The molecule has 3 heteroatoms. The van der Waals surface area contributed by atoms with Gasteiger partial charge in [0.15, 0.2) is 0 Å². The third-order valence-corrected chi connectivity index (χ3v) is 4.52. The summed E-state index contributed by atoms with van der Waals surface area (Å²) in [6.45, 7) is 0. The van der Waals surface area contributed by atoms with Gasteiger partial charge in [-0.05, 0) is 29.7 Å². The lowest BCUT2D eigenvalue weighted by Crippen LogP contribution is -2.16. The third-order valence-electron chi connectivity index (χ3n) is 4.52. The summed E-state index contributed by atoms with van der Waals surface area (Å²) in [7, 11) is 0. The minimum atomic E-state index is -0.164. The largest absolute Gasteiger partial charge is 0.507 e. The smallest absolute Gasteiger partial charge is 0.211 e. The van der Waals surface area contributed by atoms with Crippen LogP contribution in [0, 0.1) is 0 Å². The zero-order chi connectivity index (χ0) is 17.2. The van der Waals surface area contributed by atoms with Crippen LogP contribution in [0.15, 0.2) is 83.9 Å². The highest BCUT2D eigenvalue weighted by Crippen LogP contribution is 2.31. The number of Topliss-reactive ketones (excluding diaryl/α,β-unsaturated/α-hetero) is 1. The Morgan fingerprint density at radius 2 is 1.44 bits per heavy atom. The standard InChI is InChI=1S/C22H17NO2/c24-20-13-7-6-12-18(20)21-22(25)17-11-5-4-10-16(17)14-19(23-21)15-8-2-1-3-9-15/h1-13,19,24H,14H2/t19-/m0/s1. The highest BCUT2D eigenvalue weighted by molar-refractivity contribution is 6.52. The molecule has 0 bridgehead atoms. The van der Waals surface area contributed by atoms with E-state index in [9.17, 15) is 9.90 Å². The zero-order valence-electron chi connectivity index (χ0n) is 13.6. The molecule has 3 aromatic rings. The molecule has 1 heterocycles. The minimum absolute atomic E-state index is 0.0702. The van der Waals surface area contributed by atoms with Crippen LogP contribution >= 0.6 is 0 Å². The number of carbonyl (C=O) groups is 1. The lowest BCUT2D eigenvalue weighted by molar-refractivity contribution is 0.106. The Kier molecular flexibility index (Phi) is 3.90. The van der Waals surface area contributed by atoms with Gasteiger partial charge < -0.3 is 5.11 Å². The van der Waals surface area contributed by atoms with E-state index < -0.39 is 0 Å². The average Bonchev–Trinajstić information content (AvgIpc) is 2.80. The van der Waals surface area contributed by atoms with Crippen molar-refractivity contribution >= 4 is 11.5 Å². The van der Waals surface area contributed by atoms with Crippen LogP contribution in [0.1, 0.15) is 33.1 Å². The number of rotatable bonds is 2. The van der Waals surface area contributed by atoms with Gasteiger partial charge in [-0.3, -0.25) is 9.79 Å². The lowest BCUT2D eigenvalue weighted by atomic mass is 9.94. The van der Waals surface area contributed by atoms with Gasteiger partial charge in [0.25, 0.3) is 0 Å². The number of hydrogen-bond donors (Lipinski definition) is 1. The summed E-state index contributed by atoms with van der Waals surface area (Å²) in [5, 5.41) is 10.2. The van der Waals surface area contributed by atoms with Crippen molar-refractivity contribution < 1.29 is 9.90 Å². The van der Waals surface area contributed by atoms with Gasteiger partial charge in [0.1, 0.15) is 11.5 Å². The van der Waals surface area contributed by atoms with Gasteiger partial charge in [-0.25, -0.2) is 0 Å². The number of ketones is 1. The summed E-state index contributed by atoms with van der Waals surface area (Å²) in [6, 6.07) is 24.3. The van der Waals surface area contributed by atoms with Crippen LogP contribution in [0.25, 0.3) is 0 Å². The van der Waals surface area contributed by atoms with E-state index in [1.165, 1.54) is 0 Å². The molecule has 0 fully saturated rings. The van der Waals surface area contributed by atoms with E-state index in [2.05, 4.69) is 0 Å². The van der Waals surface area contributed by atoms with Crippen LogP contribution in [0.4, 0.5) is 0 Å². The normalized spacial score (nSPS) is 16.7. The Bertz CT molecular complexity index is 961. The number of aromatic hydroxyl groups is 1. The first-order chi connectivity index (χ1) is 12.2. The third kappa shape index (κ3) is 2.85. The summed E-state index contributed by atoms with van der Waals surface area (Å²) in [5.41, 5.74) is 3.49. The molecule has 122 valence electrons. The molecule has 0 unspecified atom stereocenters. The van der Waals surface area contributed by atoms with Crippen LogP contribution in [0.5, 0.6) is 5.75 Å². The Balaban J connectivity index is 1.92. The molecule has 0 saturated carbocycles. The second-order valence-corrected chi connectivity index (χ2v) is 6.11. The summed E-state index contributed by atoms with van der Waals surface area (Å²) in [6.07, 6.45) is 0.656. The Morgan fingerprint density at radius 1 is 0.800 bits per heavy atom. The van der Waals surface area contributed by atoms with E-state index in [-0.39, 0.29) is 17.6 Å². The van der Waals surface area contributed by atoms with Gasteiger partial charge in [-0.1, -0.05) is 66.7 Å². The second kappa shape index (κ2) is 6.36. The first-order valence-electron chi connectivity index (χ1n) is 8.28. The van der Waals surface area contributed by atoms with Gasteiger partial charge in [0, 0.05) is 11.1 Å². The number of hydrogen-bond acceptors (Lipinski definition) is 3. The number of aliphatic imine (C=N–C) groups is 1. The molecule has 3 nitrogen and oxygen atoms in total. The summed E-state index contributed by atoms with van der Waals surface area (Å²) >= 11 is 0. The molecule has 1 N–H and O–H groups in total. The van der Waals surface area contributed by atoms with Gasteiger partial charge in [-0.15, -0.1) is 0 Å². The number of phenolic OH excluding ortho intramolecular Hbond substituents is 1. The fraction of sp³-hybridized carbons (Fsp3) is 0.0909. The molecule has 25 heavy (non-hydrogen) atoms. The SMILES string of the molecule is O=C1C(c2ccccc2O)=N[C@H](c2ccccc2)Cc2ccccc21. The maximum Gasteiger partial charge on any atom is 0.211 e. The first kappa shape index (κ1) is 15.3. The molecular formula is C22H17NO2. The van der Waals surface area contributed by atoms with Crippen LogP contribution < -0.4 is 0 Å². The Hall–Kier alpha value is -3.20. The van der Waals surface area contributed by atoms with Crippen molar-refractivity contribution in [3.05, 3.63) is 101 Å². The molecule has 0 aromatic heterocycles. The Morgan fingerprint density at radius 3 is 2.20 bits per heavy atom. The molecule has 0 amide bonds. The fourth-order valence-electron chi connectivity index (χ4n) is 3.25. The van der Waals surface area contributed by atoms with E-state index in [0.29, 0.717) is 23.3 Å². The van der Waals surface area contributed by atoms with Gasteiger partial charge in [-0.2, -0.15) is 0 Å². The Labute approximate surface area is 146 Å². The molecule has 0 saturated heterocycles. The van der Waals surface area contributed by atoms with Crippen molar-refractivity contribution in [1.82, 2.24) is 0 Å². The molecule has 3 aromatic carbocycles. The number of phenols is 1. The van der Waals surface area contributed by atoms with Crippen molar-refractivity contribution in [2.45, 2.75) is 12.5 Å². The fourth-order valence-corrected chi connectivity index (χ4v) is 3.25. The molecule has 1 aliphatic rings. The van der Waals surface area contributed by atoms with Gasteiger partial charge in [0.05, 0.1) is 6.04 Å². The van der Waals surface area contributed by atoms with Crippen molar-refractivity contribution in [1.29, 1.82) is 0 Å². The number of benzene rings is 3. The second-order valence-electron chi connectivity index (χ2n) is 6.11. The topological polar surface area (TPSA) is 49.7 Å². The minimum Gasteiger partial charge on any atom is -0.507 e. The zero-order valence-corrected chi connectivity index (χ0v) is 13.6. The first-order valence-corrected chi connectivity index (χ1v) is 8.28.